The summed E-state index contributed by atoms with van der Waals surface area (Å²) >= 11 is 0. The largest absolute Gasteiger partial charge is 0.457 e. The normalized spacial score (nSPS) is 13.1. The fourth-order valence-corrected chi connectivity index (χ4v) is 6.02. The summed E-state index contributed by atoms with van der Waals surface area (Å²) in [6.45, 7) is 0. The molecule has 222 valence electrons. The average Bonchev–Trinajstić information content (AvgIpc) is 3.10. The van der Waals surface area contributed by atoms with Crippen molar-refractivity contribution < 1.29 is 28.5 Å². The van der Waals surface area contributed by atoms with Crippen molar-refractivity contribution in [2.45, 2.75) is 12.0 Å². The summed E-state index contributed by atoms with van der Waals surface area (Å²) in [5.74, 6) is 1.66. The summed E-state index contributed by atoms with van der Waals surface area (Å²) in [7, 11) is 0. The van der Waals surface area contributed by atoms with E-state index in [1.807, 2.05) is 121 Å². The van der Waals surface area contributed by atoms with E-state index in [0.29, 0.717) is 34.3 Å². The molecule has 0 radical (unpaired) electrons. The molecule has 2 heterocycles. The van der Waals surface area contributed by atoms with Gasteiger partial charge in [-0.3, -0.25) is 4.79 Å². The first kappa shape index (κ1) is 27.4. The highest BCUT2D eigenvalue weighted by Gasteiger charge is 2.34. The first-order valence-electron chi connectivity index (χ1n) is 15.0. The van der Waals surface area contributed by atoms with Crippen LogP contribution in [0.5, 0.6) is 28.7 Å². The molecule has 0 amide bonds. The molecule has 6 heteroatoms. The van der Waals surface area contributed by atoms with Crippen molar-refractivity contribution in [3.63, 3.8) is 0 Å². The summed E-state index contributed by atoms with van der Waals surface area (Å²) in [4.78, 5) is 26.8. The molecule has 0 aliphatic carbocycles. The number of ether oxygens (including phenoxy) is 4. The molecule has 0 fully saturated rings. The zero-order valence-corrected chi connectivity index (χ0v) is 24.5. The van der Waals surface area contributed by atoms with Gasteiger partial charge >= 0.3 is 11.9 Å². The van der Waals surface area contributed by atoms with E-state index in [1.54, 1.807) is 24.3 Å². The Morgan fingerprint density at radius 2 is 0.891 bits per heavy atom. The highest BCUT2D eigenvalue weighted by atomic mass is 16.6. The molecule has 0 spiro atoms. The van der Waals surface area contributed by atoms with Gasteiger partial charge in [0, 0.05) is 22.3 Å². The topological polar surface area (TPSA) is 71.1 Å². The Labute approximate surface area is 265 Å². The van der Waals surface area contributed by atoms with Crippen molar-refractivity contribution >= 4 is 11.9 Å². The van der Waals surface area contributed by atoms with E-state index in [0.717, 1.165) is 33.4 Å². The fraction of sp³-hybridized carbons (Fsp3) is 0.0500. The van der Waals surface area contributed by atoms with E-state index in [9.17, 15) is 9.59 Å². The van der Waals surface area contributed by atoms with Gasteiger partial charge in [0.25, 0.3) is 0 Å². The highest BCUT2D eigenvalue weighted by molar-refractivity contribution is 5.91. The van der Waals surface area contributed by atoms with E-state index in [-0.39, 0.29) is 5.97 Å². The number of esters is 2. The van der Waals surface area contributed by atoms with Crippen LogP contribution in [-0.4, -0.2) is 11.9 Å². The third-order valence-corrected chi connectivity index (χ3v) is 8.29. The molecule has 0 saturated carbocycles. The van der Waals surface area contributed by atoms with Gasteiger partial charge in [0.05, 0.1) is 5.56 Å². The Kier molecular flexibility index (Phi) is 6.80. The van der Waals surface area contributed by atoms with Crippen LogP contribution in [0.1, 0.15) is 44.6 Å². The predicted octanol–water partition coefficient (Wildman–Crippen LogP) is 9.25. The van der Waals surface area contributed by atoms with Crippen LogP contribution in [0.4, 0.5) is 0 Å². The van der Waals surface area contributed by atoms with E-state index in [1.165, 1.54) is 0 Å². The van der Waals surface area contributed by atoms with Crippen LogP contribution in [0.15, 0.2) is 146 Å². The number of benzene rings is 6. The lowest BCUT2D eigenvalue weighted by Gasteiger charge is -2.27. The minimum atomic E-state index is -0.601. The van der Waals surface area contributed by atoms with Crippen LogP contribution >= 0.6 is 0 Å². The molecule has 0 aromatic heterocycles. The second-order valence-corrected chi connectivity index (χ2v) is 11.1. The highest BCUT2D eigenvalue weighted by Crippen LogP contribution is 2.46. The molecule has 6 aromatic carbocycles. The van der Waals surface area contributed by atoms with Gasteiger partial charge in [0.15, 0.2) is 6.10 Å². The molecular weight excluding hydrogens is 576 g/mol. The Morgan fingerprint density at radius 3 is 1.39 bits per heavy atom. The van der Waals surface area contributed by atoms with Gasteiger partial charge in [-0.2, -0.15) is 0 Å². The quantitative estimate of drug-likeness (QED) is 0.145. The molecule has 0 saturated heterocycles. The summed E-state index contributed by atoms with van der Waals surface area (Å²) in [5, 5.41) is 0. The first-order valence-corrected chi connectivity index (χ1v) is 15.0. The summed E-state index contributed by atoms with van der Waals surface area (Å²) < 4.78 is 24.0. The third kappa shape index (κ3) is 4.96. The minimum absolute atomic E-state index is 0.381. The molecule has 46 heavy (non-hydrogen) atoms. The van der Waals surface area contributed by atoms with Crippen molar-refractivity contribution in [2.24, 2.45) is 0 Å². The number of carbonyl (C=O) groups is 2. The minimum Gasteiger partial charge on any atom is -0.457 e. The number of hydrogen-bond donors (Lipinski definition) is 0. The second-order valence-electron chi connectivity index (χ2n) is 11.1. The Hall–Kier alpha value is -6.14. The zero-order chi connectivity index (χ0) is 31.0. The monoisotopic (exact) mass is 602 g/mol. The van der Waals surface area contributed by atoms with Crippen LogP contribution in [0.25, 0.3) is 11.1 Å². The van der Waals surface area contributed by atoms with Crippen molar-refractivity contribution in [3.8, 4) is 39.9 Å². The summed E-state index contributed by atoms with van der Waals surface area (Å²) in [5.41, 5.74) is 5.40. The van der Waals surface area contributed by atoms with Gasteiger partial charge in [-0.1, -0.05) is 97.1 Å². The SMILES string of the molecule is O=C(OC1c2ccccc2Oc2ccccc21)c1ccc(-c2ccc(OC(=O)C3c4ccccc4Oc4ccccc43)cc2)cc1. The number of carbonyl (C=O) groups excluding carboxylic acids is 2. The molecular formula is C40H26O6. The molecule has 2 aliphatic rings. The smallest absolute Gasteiger partial charge is 0.339 e. The van der Waals surface area contributed by atoms with Gasteiger partial charge in [-0.25, -0.2) is 4.79 Å². The lowest BCUT2D eigenvalue weighted by molar-refractivity contribution is -0.135. The molecule has 0 unspecified atom stereocenters. The standard InChI is InChI=1S/C40H26O6/c41-39(46-38-31-11-3-7-15-35(31)45-36-16-8-4-12-32(36)38)27-19-17-25(18-20-27)26-21-23-28(24-22-26)43-40(42)37-29-9-1-5-13-33(29)44-34-14-6-2-10-30(34)37/h1-24,37-38H. The van der Waals surface area contributed by atoms with Crippen LogP contribution in [0.2, 0.25) is 0 Å². The van der Waals surface area contributed by atoms with E-state index < -0.39 is 18.0 Å². The molecule has 6 aromatic rings. The first-order chi connectivity index (χ1) is 22.6. The molecule has 0 bridgehead atoms. The lowest BCUT2D eigenvalue weighted by atomic mass is 9.88. The maximum atomic E-state index is 13.5. The Morgan fingerprint density at radius 1 is 0.478 bits per heavy atom. The Bertz CT molecular complexity index is 2010. The zero-order valence-electron chi connectivity index (χ0n) is 24.5. The van der Waals surface area contributed by atoms with Gasteiger partial charge in [0.1, 0.15) is 34.7 Å². The number of fused-ring (bicyclic) bond motifs is 4. The predicted molar refractivity (Wildman–Crippen MR) is 173 cm³/mol. The number of para-hydroxylation sites is 4. The van der Waals surface area contributed by atoms with E-state index in [2.05, 4.69) is 0 Å². The van der Waals surface area contributed by atoms with Crippen molar-refractivity contribution in [1.82, 2.24) is 0 Å². The molecule has 0 atom stereocenters. The Balaban J connectivity index is 0.977. The van der Waals surface area contributed by atoms with Crippen LogP contribution < -0.4 is 14.2 Å². The second kappa shape index (κ2) is 11.4. The van der Waals surface area contributed by atoms with Crippen LogP contribution in [0, 0.1) is 0 Å². The van der Waals surface area contributed by atoms with Gasteiger partial charge in [0.2, 0.25) is 0 Å². The molecule has 6 nitrogen and oxygen atoms in total. The summed E-state index contributed by atoms with van der Waals surface area (Å²) in [6, 6.07) is 44.8. The van der Waals surface area contributed by atoms with Crippen molar-refractivity contribution in [2.75, 3.05) is 0 Å². The maximum Gasteiger partial charge on any atom is 0.339 e. The van der Waals surface area contributed by atoms with Gasteiger partial charge in [-0.15, -0.1) is 0 Å². The fourth-order valence-electron chi connectivity index (χ4n) is 6.02. The number of rotatable bonds is 5. The van der Waals surface area contributed by atoms with Crippen molar-refractivity contribution in [3.05, 3.63) is 173 Å². The average molecular weight is 603 g/mol. The van der Waals surface area contributed by atoms with Crippen LogP contribution in [0.3, 0.4) is 0 Å². The maximum absolute atomic E-state index is 13.5. The third-order valence-electron chi connectivity index (χ3n) is 8.29. The summed E-state index contributed by atoms with van der Waals surface area (Å²) in [6.07, 6.45) is -0.577. The lowest BCUT2D eigenvalue weighted by Crippen LogP contribution is -2.23. The van der Waals surface area contributed by atoms with E-state index in [4.69, 9.17) is 18.9 Å². The van der Waals surface area contributed by atoms with Gasteiger partial charge in [-0.05, 0) is 59.7 Å². The van der Waals surface area contributed by atoms with Crippen LogP contribution in [-0.2, 0) is 9.53 Å². The van der Waals surface area contributed by atoms with Gasteiger partial charge < -0.3 is 18.9 Å². The van der Waals surface area contributed by atoms with E-state index >= 15 is 0 Å². The number of hydrogen-bond acceptors (Lipinski definition) is 6. The molecule has 0 N–H and O–H groups in total. The molecule has 2 aliphatic heterocycles. The van der Waals surface area contributed by atoms with Crippen molar-refractivity contribution in [1.29, 1.82) is 0 Å². The molecule has 8 rings (SSSR count).